The quantitative estimate of drug-likeness (QED) is 0.425. The topological polar surface area (TPSA) is 105 Å². The molecule has 0 saturated heterocycles. The zero-order valence-electron chi connectivity index (χ0n) is 14.9. The van der Waals surface area contributed by atoms with Crippen molar-refractivity contribution in [2.75, 3.05) is 7.11 Å². The summed E-state index contributed by atoms with van der Waals surface area (Å²) in [5.74, 6) is -0.847. The summed E-state index contributed by atoms with van der Waals surface area (Å²) in [7, 11) is 1.25. The third-order valence-electron chi connectivity index (χ3n) is 4.81. The minimum atomic E-state index is -0.652. The van der Waals surface area contributed by atoms with Crippen LogP contribution in [0.3, 0.4) is 0 Å². The monoisotopic (exact) mass is 376 g/mol. The second-order valence-electron chi connectivity index (χ2n) is 6.36. The van der Waals surface area contributed by atoms with E-state index in [1.165, 1.54) is 19.2 Å². The number of nitrogens with zero attached hydrogens (tertiary/aromatic N) is 1. The molecule has 7 heteroatoms. The fourth-order valence-electron chi connectivity index (χ4n) is 3.56. The second kappa shape index (κ2) is 6.70. The van der Waals surface area contributed by atoms with Gasteiger partial charge in [0.25, 0.3) is 5.69 Å². The van der Waals surface area contributed by atoms with Gasteiger partial charge in [0.2, 0.25) is 5.88 Å². The highest BCUT2D eigenvalue weighted by Gasteiger charge is 2.36. The van der Waals surface area contributed by atoms with Crippen LogP contribution in [0.5, 0.6) is 5.75 Å². The summed E-state index contributed by atoms with van der Waals surface area (Å²) in [6, 6.07) is 17.5. The van der Waals surface area contributed by atoms with Crippen LogP contribution in [0.15, 0.2) is 72.1 Å². The summed E-state index contributed by atoms with van der Waals surface area (Å²) in [5, 5.41) is 13.0. The highest BCUT2D eigenvalue weighted by molar-refractivity contribution is 5.96. The van der Waals surface area contributed by atoms with Gasteiger partial charge in [0.1, 0.15) is 11.3 Å². The molecule has 1 aliphatic rings. The highest BCUT2D eigenvalue weighted by Crippen LogP contribution is 2.46. The van der Waals surface area contributed by atoms with Crippen LogP contribution >= 0.6 is 0 Å². The number of fused-ring (bicyclic) bond motifs is 3. The van der Waals surface area contributed by atoms with E-state index in [1.54, 1.807) is 12.1 Å². The Hall–Kier alpha value is -3.87. The Morgan fingerprint density at radius 3 is 2.68 bits per heavy atom. The van der Waals surface area contributed by atoms with Gasteiger partial charge in [-0.1, -0.05) is 48.5 Å². The number of nitro groups is 1. The number of ether oxygens (including phenoxy) is 2. The number of carbonyl (C=O) groups is 1. The second-order valence-corrected chi connectivity index (χ2v) is 6.36. The van der Waals surface area contributed by atoms with Crippen molar-refractivity contribution >= 4 is 22.4 Å². The van der Waals surface area contributed by atoms with Crippen molar-refractivity contribution in [3.8, 4) is 5.75 Å². The summed E-state index contributed by atoms with van der Waals surface area (Å²) in [6.45, 7) is 0. The van der Waals surface area contributed by atoms with Gasteiger partial charge in [-0.25, -0.2) is 4.79 Å². The molecule has 1 heterocycles. The first kappa shape index (κ1) is 17.5. The number of nitro benzene ring substituents is 1. The molecule has 1 unspecified atom stereocenters. The number of rotatable bonds is 3. The maximum absolute atomic E-state index is 12.5. The average Bonchev–Trinajstić information content (AvgIpc) is 2.72. The Labute approximate surface area is 160 Å². The zero-order chi connectivity index (χ0) is 19.8. The van der Waals surface area contributed by atoms with Crippen molar-refractivity contribution in [2.24, 2.45) is 5.73 Å². The predicted octanol–water partition coefficient (Wildman–Crippen LogP) is 3.62. The Morgan fingerprint density at radius 1 is 1.14 bits per heavy atom. The zero-order valence-corrected chi connectivity index (χ0v) is 14.9. The standard InChI is InChI=1S/C21H16N2O5/c1-27-21(24)18-17(13-6-4-7-14(11-13)23(25)26)16-10-9-12-5-2-3-8-15(12)19(16)28-20(18)22/h2-11,17H,22H2,1H3. The van der Waals surface area contributed by atoms with Gasteiger partial charge in [-0.2, -0.15) is 0 Å². The van der Waals surface area contributed by atoms with Gasteiger partial charge >= 0.3 is 5.97 Å². The van der Waals surface area contributed by atoms with E-state index in [4.69, 9.17) is 15.2 Å². The lowest BCUT2D eigenvalue weighted by atomic mass is 9.82. The van der Waals surface area contributed by atoms with Crippen LogP contribution < -0.4 is 10.5 Å². The number of non-ortho nitro benzene ring substituents is 1. The highest BCUT2D eigenvalue weighted by atomic mass is 16.6. The number of hydrogen-bond acceptors (Lipinski definition) is 6. The van der Waals surface area contributed by atoms with Gasteiger partial charge in [-0.05, 0) is 10.9 Å². The van der Waals surface area contributed by atoms with Gasteiger partial charge < -0.3 is 15.2 Å². The van der Waals surface area contributed by atoms with Gasteiger partial charge in [-0.15, -0.1) is 0 Å². The number of methoxy groups -OCH3 is 1. The van der Waals surface area contributed by atoms with Crippen LogP contribution in [0.1, 0.15) is 17.0 Å². The lowest BCUT2D eigenvalue weighted by molar-refractivity contribution is -0.384. The number of carbonyl (C=O) groups excluding carboxylic acids is 1. The fourth-order valence-corrected chi connectivity index (χ4v) is 3.56. The minimum Gasteiger partial charge on any atom is -0.465 e. The summed E-state index contributed by atoms with van der Waals surface area (Å²) < 4.78 is 10.7. The summed E-state index contributed by atoms with van der Waals surface area (Å²) in [5.41, 5.74) is 7.39. The Morgan fingerprint density at radius 2 is 1.93 bits per heavy atom. The Kier molecular flexibility index (Phi) is 4.19. The largest absolute Gasteiger partial charge is 0.465 e. The molecule has 0 saturated carbocycles. The molecule has 2 N–H and O–H groups in total. The average molecular weight is 376 g/mol. The molecule has 140 valence electrons. The summed E-state index contributed by atoms with van der Waals surface area (Å²) >= 11 is 0. The molecule has 0 aromatic heterocycles. The van der Waals surface area contributed by atoms with Gasteiger partial charge in [0.05, 0.1) is 18.0 Å². The Balaban J connectivity index is 2.00. The Bertz CT molecular complexity index is 1150. The number of esters is 1. The third kappa shape index (κ3) is 2.73. The third-order valence-corrected chi connectivity index (χ3v) is 4.81. The van der Waals surface area contributed by atoms with Crippen LogP contribution in [0.4, 0.5) is 5.69 Å². The van der Waals surface area contributed by atoms with E-state index >= 15 is 0 Å². The molecular weight excluding hydrogens is 360 g/mol. The van der Waals surface area contributed by atoms with E-state index in [1.807, 2.05) is 36.4 Å². The van der Waals surface area contributed by atoms with Crippen LogP contribution in [0.25, 0.3) is 10.8 Å². The van der Waals surface area contributed by atoms with Crippen LogP contribution in [0.2, 0.25) is 0 Å². The van der Waals surface area contributed by atoms with Crippen molar-refractivity contribution in [1.82, 2.24) is 0 Å². The van der Waals surface area contributed by atoms with Gasteiger partial charge in [0.15, 0.2) is 0 Å². The molecule has 1 aliphatic heterocycles. The van der Waals surface area contributed by atoms with Crippen LogP contribution in [-0.4, -0.2) is 18.0 Å². The first-order chi connectivity index (χ1) is 13.5. The molecule has 4 rings (SSSR count). The molecule has 0 bridgehead atoms. The molecule has 0 spiro atoms. The molecule has 28 heavy (non-hydrogen) atoms. The number of nitrogens with two attached hydrogens (primary N) is 1. The van der Waals surface area contributed by atoms with E-state index in [9.17, 15) is 14.9 Å². The van der Waals surface area contributed by atoms with Crippen molar-refractivity contribution in [3.63, 3.8) is 0 Å². The molecule has 0 radical (unpaired) electrons. The molecule has 0 fully saturated rings. The number of hydrogen-bond donors (Lipinski definition) is 1. The minimum absolute atomic E-state index is 0.0749. The van der Waals surface area contributed by atoms with E-state index in [0.29, 0.717) is 16.9 Å². The first-order valence-corrected chi connectivity index (χ1v) is 8.53. The summed E-state index contributed by atoms with van der Waals surface area (Å²) in [4.78, 5) is 23.2. The van der Waals surface area contributed by atoms with E-state index in [2.05, 4.69) is 0 Å². The predicted molar refractivity (Wildman–Crippen MR) is 103 cm³/mol. The first-order valence-electron chi connectivity index (χ1n) is 8.53. The van der Waals surface area contributed by atoms with Gasteiger partial charge in [0, 0.05) is 23.1 Å². The van der Waals surface area contributed by atoms with Crippen molar-refractivity contribution in [1.29, 1.82) is 0 Å². The molecule has 0 amide bonds. The van der Waals surface area contributed by atoms with E-state index in [0.717, 1.165) is 10.8 Å². The molecule has 7 nitrogen and oxygen atoms in total. The molecule has 3 aromatic carbocycles. The molecule has 0 aliphatic carbocycles. The number of benzene rings is 3. The maximum atomic E-state index is 12.5. The van der Waals surface area contributed by atoms with E-state index < -0.39 is 16.8 Å². The lowest BCUT2D eigenvalue weighted by Gasteiger charge is -2.29. The SMILES string of the molecule is COC(=O)C1=C(N)Oc2c(ccc3ccccc23)C1c1cccc([N+](=O)[O-])c1. The molecule has 3 aromatic rings. The molecule has 1 atom stereocenters. The van der Waals surface area contributed by atoms with Gasteiger partial charge in [-0.3, -0.25) is 10.1 Å². The van der Waals surface area contributed by atoms with Crippen LogP contribution in [0, 0.1) is 10.1 Å². The van der Waals surface area contributed by atoms with Crippen LogP contribution in [-0.2, 0) is 9.53 Å². The van der Waals surface area contributed by atoms with E-state index in [-0.39, 0.29) is 17.1 Å². The normalized spacial score (nSPS) is 15.7. The maximum Gasteiger partial charge on any atom is 0.340 e. The fraction of sp³-hybridized carbons (Fsp3) is 0.0952. The van der Waals surface area contributed by atoms with Crippen molar-refractivity contribution in [2.45, 2.75) is 5.92 Å². The summed E-state index contributed by atoms with van der Waals surface area (Å²) in [6.07, 6.45) is 0. The van der Waals surface area contributed by atoms with Crippen molar-refractivity contribution in [3.05, 3.63) is 93.4 Å². The van der Waals surface area contributed by atoms with Crippen molar-refractivity contribution < 1.29 is 19.2 Å². The smallest absolute Gasteiger partial charge is 0.340 e. The lowest BCUT2D eigenvalue weighted by Crippen LogP contribution is -2.27. The molecular formula is C21H16N2O5.